The van der Waals surface area contributed by atoms with Gasteiger partial charge in [-0.2, -0.15) is 4.98 Å². The Morgan fingerprint density at radius 1 is 1.26 bits per heavy atom. The first-order valence-electron chi connectivity index (χ1n) is 8.46. The fourth-order valence-electron chi connectivity index (χ4n) is 3.07. The molecule has 1 saturated heterocycles. The Labute approximate surface area is 136 Å². The Morgan fingerprint density at radius 3 is 2.65 bits per heavy atom. The highest BCUT2D eigenvalue weighted by Gasteiger charge is 2.35. The summed E-state index contributed by atoms with van der Waals surface area (Å²) < 4.78 is 5.31. The van der Waals surface area contributed by atoms with Crippen LogP contribution >= 0.6 is 0 Å². The quantitative estimate of drug-likeness (QED) is 0.843. The molecule has 0 bridgehead atoms. The SMILES string of the molecule is CCC(=O)N1CCCN(C(=O)CC2CC2)CC1c1nc(C)no1. The van der Waals surface area contributed by atoms with Crippen molar-refractivity contribution in [2.75, 3.05) is 19.6 Å². The minimum atomic E-state index is -0.339. The number of rotatable bonds is 4. The van der Waals surface area contributed by atoms with Crippen LogP contribution in [0.3, 0.4) is 0 Å². The summed E-state index contributed by atoms with van der Waals surface area (Å²) in [5.74, 6) is 1.77. The van der Waals surface area contributed by atoms with Crippen LogP contribution in [0.15, 0.2) is 4.52 Å². The highest BCUT2D eigenvalue weighted by molar-refractivity contribution is 5.78. The fraction of sp³-hybridized carbons (Fsp3) is 0.750. The van der Waals surface area contributed by atoms with Gasteiger partial charge in [0.2, 0.25) is 11.8 Å². The lowest BCUT2D eigenvalue weighted by Gasteiger charge is -2.29. The number of carbonyl (C=O) groups excluding carboxylic acids is 2. The maximum atomic E-state index is 12.5. The summed E-state index contributed by atoms with van der Waals surface area (Å²) in [5, 5.41) is 3.84. The Balaban J connectivity index is 1.80. The van der Waals surface area contributed by atoms with Gasteiger partial charge in [-0.3, -0.25) is 9.59 Å². The van der Waals surface area contributed by atoms with Crippen LogP contribution in [0.1, 0.15) is 56.8 Å². The number of carbonyl (C=O) groups is 2. The summed E-state index contributed by atoms with van der Waals surface area (Å²) in [7, 11) is 0. The van der Waals surface area contributed by atoms with Crippen LogP contribution in [0.25, 0.3) is 0 Å². The molecule has 0 N–H and O–H groups in total. The van der Waals surface area contributed by atoms with Crippen LogP contribution < -0.4 is 0 Å². The van der Waals surface area contributed by atoms with E-state index in [-0.39, 0.29) is 17.9 Å². The van der Waals surface area contributed by atoms with E-state index in [9.17, 15) is 9.59 Å². The molecule has 1 aromatic rings. The van der Waals surface area contributed by atoms with Crippen molar-refractivity contribution in [3.8, 4) is 0 Å². The fourth-order valence-corrected chi connectivity index (χ4v) is 3.07. The van der Waals surface area contributed by atoms with Crippen molar-refractivity contribution in [2.45, 2.75) is 52.0 Å². The third-order valence-corrected chi connectivity index (χ3v) is 4.56. The normalized spacial score (nSPS) is 22.1. The molecule has 1 aliphatic heterocycles. The van der Waals surface area contributed by atoms with Crippen molar-refractivity contribution in [2.24, 2.45) is 5.92 Å². The first kappa shape index (κ1) is 16.0. The topological polar surface area (TPSA) is 79.5 Å². The predicted octanol–water partition coefficient (Wildman–Crippen LogP) is 1.69. The van der Waals surface area contributed by atoms with Gasteiger partial charge in [-0.05, 0) is 32.1 Å². The number of amides is 2. The predicted molar refractivity (Wildman–Crippen MR) is 82.3 cm³/mol. The van der Waals surface area contributed by atoms with E-state index < -0.39 is 0 Å². The summed E-state index contributed by atoms with van der Waals surface area (Å²) in [6, 6.07) is -0.339. The molecule has 0 aromatic carbocycles. The number of hydrogen-bond acceptors (Lipinski definition) is 5. The van der Waals surface area contributed by atoms with Crippen molar-refractivity contribution >= 4 is 11.8 Å². The van der Waals surface area contributed by atoms with E-state index in [1.54, 1.807) is 11.8 Å². The van der Waals surface area contributed by atoms with Gasteiger partial charge in [0.05, 0.1) is 6.54 Å². The molecule has 1 unspecified atom stereocenters. The molecule has 23 heavy (non-hydrogen) atoms. The first-order valence-corrected chi connectivity index (χ1v) is 8.46. The van der Waals surface area contributed by atoms with E-state index in [1.165, 1.54) is 0 Å². The Bertz CT molecular complexity index is 582. The van der Waals surface area contributed by atoms with Crippen LogP contribution in [0.5, 0.6) is 0 Å². The largest absolute Gasteiger partial charge is 0.340 e. The number of aryl methyl sites for hydroxylation is 1. The highest BCUT2D eigenvalue weighted by atomic mass is 16.5. The monoisotopic (exact) mass is 320 g/mol. The summed E-state index contributed by atoms with van der Waals surface area (Å²) in [6.45, 7) is 5.35. The minimum Gasteiger partial charge on any atom is -0.340 e. The number of hydrogen-bond donors (Lipinski definition) is 0. The second-order valence-electron chi connectivity index (χ2n) is 6.48. The lowest BCUT2D eigenvalue weighted by molar-refractivity contribution is -0.136. The summed E-state index contributed by atoms with van der Waals surface area (Å²) in [4.78, 5) is 32.7. The second-order valence-corrected chi connectivity index (χ2v) is 6.48. The van der Waals surface area contributed by atoms with Crippen molar-refractivity contribution in [3.63, 3.8) is 0 Å². The molecule has 7 nitrogen and oxygen atoms in total. The zero-order chi connectivity index (χ0) is 16.4. The van der Waals surface area contributed by atoms with Crippen LogP contribution in [0.4, 0.5) is 0 Å². The molecule has 1 aliphatic carbocycles. The molecule has 1 atom stereocenters. The Kier molecular flexibility index (Phi) is 4.63. The van der Waals surface area contributed by atoms with Crippen molar-refractivity contribution in [3.05, 3.63) is 11.7 Å². The number of nitrogens with zero attached hydrogens (tertiary/aromatic N) is 4. The zero-order valence-electron chi connectivity index (χ0n) is 13.8. The molecule has 0 spiro atoms. The van der Waals surface area contributed by atoms with E-state index in [0.29, 0.717) is 50.1 Å². The first-order chi connectivity index (χ1) is 11.1. The van der Waals surface area contributed by atoms with Gasteiger partial charge in [-0.15, -0.1) is 0 Å². The second kappa shape index (κ2) is 6.68. The molecular formula is C16H24N4O3. The molecule has 0 radical (unpaired) electrons. The maximum absolute atomic E-state index is 12.5. The van der Waals surface area contributed by atoms with Gasteiger partial charge in [0.15, 0.2) is 5.82 Å². The molecule has 1 aromatic heterocycles. The molecule has 7 heteroatoms. The van der Waals surface area contributed by atoms with Gasteiger partial charge in [-0.1, -0.05) is 12.1 Å². The molecule has 3 rings (SSSR count). The van der Waals surface area contributed by atoms with E-state index >= 15 is 0 Å². The third-order valence-electron chi connectivity index (χ3n) is 4.56. The van der Waals surface area contributed by atoms with Gasteiger partial charge in [0.1, 0.15) is 6.04 Å². The van der Waals surface area contributed by atoms with E-state index in [2.05, 4.69) is 10.1 Å². The van der Waals surface area contributed by atoms with Crippen molar-refractivity contribution < 1.29 is 14.1 Å². The van der Waals surface area contributed by atoms with Gasteiger partial charge in [-0.25, -0.2) is 0 Å². The molecule has 126 valence electrons. The van der Waals surface area contributed by atoms with Crippen LogP contribution in [-0.4, -0.2) is 51.4 Å². The Hall–Kier alpha value is -1.92. The van der Waals surface area contributed by atoms with Gasteiger partial charge < -0.3 is 14.3 Å². The van der Waals surface area contributed by atoms with Crippen LogP contribution in [-0.2, 0) is 9.59 Å². The van der Waals surface area contributed by atoms with Crippen molar-refractivity contribution in [1.82, 2.24) is 19.9 Å². The molecular weight excluding hydrogens is 296 g/mol. The lowest BCUT2D eigenvalue weighted by Crippen LogP contribution is -2.40. The summed E-state index contributed by atoms with van der Waals surface area (Å²) in [6.07, 6.45) is 4.15. The van der Waals surface area contributed by atoms with Gasteiger partial charge >= 0.3 is 0 Å². The minimum absolute atomic E-state index is 0.0577. The van der Waals surface area contributed by atoms with Crippen molar-refractivity contribution in [1.29, 1.82) is 0 Å². The average Bonchev–Trinajstić information content (AvgIpc) is 3.29. The standard InChI is InChI=1S/C16H24N4O3/c1-3-14(21)20-8-4-7-19(15(22)9-12-5-6-12)10-13(20)16-17-11(2)18-23-16/h12-13H,3-10H2,1-2H3. The molecule has 2 amide bonds. The summed E-state index contributed by atoms with van der Waals surface area (Å²) in [5.41, 5.74) is 0. The molecule has 1 saturated carbocycles. The van der Waals surface area contributed by atoms with Crippen LogP contribution in [0.2, 0.25) is 0 Å². The molecule has 2 fully saturated rings. The maximum Gasteiger partial charge on any atom is 0.251 e. The van der Waals surface area contributed by atoms with E-state index in [1.807, 2.05) is 11.8 Å². The highest BCUT2D eigenvalue weighted by Crippen LogP contribution is 2.33. The van der Waals surface area contributed by atoms with Gasteiger partial charge in [0.25, 0.3) is 5.89 Å². The lowest BCUT2D eigenvalue weighted by atomic mass is 10.2. The smallest absolute Gasteiger partial charge is 0.251 e. The third kappa shape index (κ3) is 3.71. The molecule has 2 aliphatic rings. The van der Waals surface area contributed by atoms with E-state index in [4.69, 9.17) is 4.52 Å². The number of aromatic nitrogens is 2. The average molecular weight is 320 g/mol. The van der Waals surface area contributed by atoms with E-state index in [0.717, 1.165) is 19.3 Å². The Morgan fingerprint density at radius 2 is 2.04 bits per heavy atom. The van der Waals surface area contributed by atoms with Gasteiger partial charge in [0, 0.05) is 25.9 Å². The summed E-state index contributed by atoms with van der Waals surface area (Å²) >= 11 is 0. The van der Waals surface area contributed by atoms with Crippen LogP contribution in [0, 0.1) is 12.8 Å². The zero-order valence-corrected chi connectivity index (χ0v) is 13.8. The molecule has 2 heterocycles.